The first kappa shape index (κ1) is 12.5. The molecular formula is C10H17N3O3S. The summed E-state index contributed by atoms with van der Waals surface area (Å²) in [4.78, 5) is 4.23. The summed E-state index contributed by atoms with van der Waals surface area (Å²) in [5, 5.41) is 7.02. The van der Waals surface area contributed by atoms with Crippen molar-refractivity contribution in [2.75, 3.05) is 11.5 Å². The predicted octanol–water partition coefficient (Wildman–Crippen LogP) is 0.470. The Bertz CT molecular complexity index is 481. The van der Waals surface area contributed by atoms with Gasteiger partial charge in [0.1, 0.15) is 0 Å². The lowest BCUT2D eigenvalue weighted by Gasteiger charge is -2.03. The van der Waals surface area contributed by atoms with E-state index in [9.17, 15) is 8.42 Å². The molecule has 2 heterocycles. The maximum atomic E-state index is 11.3. The van der Waals surface area contributed by atoms with Crippen molar-refractivity contribution < 1.29 is 12.9 Å². The molecule has 1 N–H and O–H groups in total. The molecule has 17 heavy (non-hydrogen) atoms. The van der Waals surface area contributed by atoms with Crippen LogP contribution in [0.5, 0.6) is 0 Å². The Kier molecular flexibility index (Phi) is 3.48. The van der Waals surface area contributed by atoms with Crippen molar-refractivity contribution in [2.24, 2.45) is 0 Å². The van der Waals surface area contributed by atoms with Gasteiger partial charge in [-0.1, -0.05) is 19.0 Å². The number of rotatable bonds is 4. The van der Waals surface area contributed by atoms with E-state index in [2.05, 4.69) is 15.5 Å². The van der Waals surface area contributed by atoms with Gasteiger partial charge in [0, 0.05) is 12.0 Å². The van der Waals surface area contributed by atoms with Gasteiger partial charge in [0.05, 0.1) is 18.1 Å². The summed E-state index contributed by atoms with van der Waals surface area (Å²) in [6, 6.07) is 0.345. The predicted molar refractivity (Wildman–Crippen MR) is 62.3 cm³/mol. The highest BCUT2D eigenvalue weighted by Gasteiger charge is 2.32. The minimum absolute atomic E-state index is 0.100. The van der Waals surface area contributed by atoms with Crippen molar-refractivity contribution >= 4 is 9.84 Å². The zero-order valence-electron chi connectivity index (χ0n) is 10.0. The molecule has 0 aromatic carbocycles. The molecule has 7 heteroatoms. The average molecular weight is 259 g/mol. The molecule has 96 valence electrons. The molecule has 0 amide bonds. The molecule has 1 saturated heterocycles. The third kappa shape index (κ3) is 3.26. The second-order valence-electron chi connectivity index (χ2n) is 4.68. The lowest BCUT2D eigenvalue weighted by Crippen LogP contribution is -2.22. The largest absolute Gasteiger partial charge is 0.338 e. The minimum Gasteiger partial charge on any atom is -0.338 e. The quantitative estimate of drug-likeness (QED) is 0.846. The van der Waals surface area contributed by atoms with E-state index in [1.165, 1.54) is 0 Å². The smallest absolute Gasteiger partial charge is 0.240 e. The summed E-state index contributed by atoms with van der Waals surface area (Å²) in [5.41, 5.74) is 0. The van der Waals surface area contributed by atoms with Crippen LogP contribution in [-0.4, -0.2) is 36.1 Å². The Balaban J connectivity index is 1.99. The van der Waals surface area contributed by atoms with Crippen molar-refractivity contribution in [2.45, 2.75) is 38.8 Å². The monoisotopic (exact) mass is 259 g/mol. The van der Waals surface area contributed by atoms with Crippen LogP contribution in [0.1, 0.15) is 37.9 Å². The molecule has 1 fully saturated rings. The fourth-order valence-corrected chi connectivity index (χ4v) is 3.53. The molecule has 2 rings (SSSR count). The first-order chi connectivity index (χ1) is 7.96. The summed E-state index contributed by atoms with van der Waals surface area (Å²) >= 11 is 0. The van der Waals surface area contributed by atoms with Gasteiger partial charge in [0.15, 0.2) is 15.7 Å². The van der Waals surface area contributed by atoms with Gasteiger partial charge in [-0.05, 0) is 6.42 Å². The van der Waals surface area contributed by atoms with Crippen LogP contribution in [0.2, 0.25) is 0 Å². The van der Waals surface area contributed by atoms with Crippen molar-refractivity contribution in [3.8, 4) is 0 Å². The third-order valence-electron chi connectivity index (χ3n) is 2.74. The normalized spacial score (nSPS) is 23.4. The van der Waals surface area contributed by atoms with Gasteiger partial charge < -0.3 is 9.84 Å². The van der Waals surface area contributed by atoms with E-state index in [-0.39, 0.29) is 17.4 Å². The lowest BCUT2D eigenvalue weighted by atomic mass is 10.1. The molecule has 0 saturated carbocycles. The van der Waals surface area contributed by atoms with E-state index in [4.69, 9.17) is 4.52 Å². The van der Waals surface area contributed by atoms with E-state index in [0.29, 0.717) is 30.7 Å². The second-order valence-corrected chi connectivity index (χ2v) is 6.91. The second kappa shape index (κ2) is 4.73. The van der Waals surface area contributed by atoms with Crippen LogP contribution in [0, 0.1) is 0 Å². The minimum atomic E-state index is -2.90. The molecule has 0 spiro atoms. The summed E-state index contributed by atoms with van der Waals surface area (Å²) in [6.07, 6.45) is 0.596. The van der Waals surface area contributed by atoms with E-state index < -0.39 is 9.84 Å². The first-order valence-corrected chi connectivity index (χ1v) is 7.55. The number of nitrogens with one attached hydrogen (secondary N) is 1. The first-order valence-electron chi connectivity index (χ1n) is 5.72. The topological polar surface area (TPSA) is 85.1 Å². The fraction of sp³-hybridized carbons (Fsp3) is 0.800. The van der Waals surface area contributed by atoms with Gasteiger partial charge in [-0.2, -0.15) is 4.98 Å². The molecule has 1 aliphatic rings. The Labute approximate surface area is 101 Å². The average Bonchev–Trinajstić information content (AvgIpc) is 2.81. The van der Waals surface area contributed by atoms with Gasteiger partial charge in [0.2, 0.25) is 5.89 Å². The van der Waals surface area contributed by atoms with Crippen molar-refractivity contribution in [1.29, 1.82) is 0 Å². The molecule has 0 radical (unpaired) electrons. The molecule has 0 aliphatic carbocycles. The molecule has 1 unspecified atom stereocenters. The van der Waals surface area contributed by atoms with Gasteiger partial charge in [0.25, 0.3) is 0 Å². The SMILES string of the molecule is CC(C)NCc1nc(C2CCS(=O)(=O)C2)no1. The highest BCUT2D eigenvalue weighted by molar-refractivity contribution is 7.91. The maximum absolute atomic E-state index is 11.3. The molecular weight excluding hydrogens is 242 g/mol. The van der Waals surface area contributed by atoms with Crippen LogP contribution >= 0.6 is 0 Å². The summed E-state index contributed by atoms with van der Waals surface area (Å²) in [7, 11) is -2.90. The fourth-order valence-electron chi connectivity index (χ4n) is 1.80. The van der Waals surface area contributed by atoms with Crippen LogP contribution < -0.4 is 5.32 Å². The van der Waals surface area contributed by atoms with Crippen LogP contribution in [0.4, 0.5) is 0 Å². The van der Waals surface area contributed by atoms with Gasteiger partial charge in [-0.25, -0.2) is 8.42 Å². The standard InChI is InChI=1S/C10H17N3O3S/c1-7(2)11-5-9-12-10(13-16-9)8-3-4-17(14,15)6-8/h7-8,11H,3-6H2,1-2H3. The van der Waals surface area contributed by atoms with Crippen molar-refractivity contribution in [3.63, 3.8) is 0 Å². The van der Waals surface area contributed by atoms with Crippen LogP contribution in [0.15, 0.2) is 4.52 Å². The lowest BCUT2D eigenvalue weighted by molar-refractivity contribution is 0.356. The van der Waals surface area contributed by atoms with E-state index >= 15 is 0 Å². The molecule has 1 aromatic rings. The highest BCUT2D eigenvalue weighted by atomic mass is 32.2. The van der Waals surface area contributed by atoms with Crippen molar-refractivity contribution in [1.82, 2.24) is 15.5 Å². The van der Waals surface area contributed by atoms with Gasteiger partial charge in [-0.15, -0.1) is 0 Å². The number of nitrogens with zero attached hydrogens (tertiary/aromatic N) is 2. The molecule has 1 aromatic heterocycles. The molecule has 0 bridgehead atoms. The van der Waals surface area contributed by atoms with Crippen LogP contribution in [0.25, 0.3) is 0 Å². The zero-order chi connectivity index (χ0) is 12.5. The Morgan fingerprint density at radius 2 is 2.29 bits per heavy atom. The molecule has 1 aliphatic heterocycles. The Morgan fingerprint density at radius 3 is 2.88 bits per heavy atom. The Hall–Kier alpha value is -0.950. The Morgan fingerprint density at radius 1 is 1.53 bits per heavy atom. The third-order valence-corrected chi connectivity index (χ3v) is 4.51. The van der Waals surface area contributed by atoms with E-state index in [1.807, 2.05) is 13.8 Å². The summed E-state index contributed by atoms with van der Waals surface area (Å²) < 4.78 is 27.8. The van der Waals surface area contributed by atoms with E-state index in [0.717, 1.165) is 0 Å². The number of sulfone groups is 1. The van der Waals surface area contributed by atoms with Crippen LogP contribution in [-0.2, 0) is 16.4 Å². The molecule has 6 nitrogen and oxygen atoms in total. The summed E-state index contributed by atoms with van der Waals surface area (Å²) in [5.74, 6) is 1.30. The zero-order valence-corrected chi connectivity index (χ0v) is 10.8. The maximum Gasteiger partial charge on any atom is 0.240 e. The van der Waals surface area contributed by atoms with Crippen LogP contribution in [0.3, 0.4) is 0 Å². The van der Waals surface area contributed by atoms with Crippen molar-refractivity contribution in [3.05, 3.63) is 11.7 Å². The highest BCUT2D eigenvalue weighted by Crippen LogP contribution is 2.26. The van der Waals surface area contributed by atoms with E-state index in [1.54, 1.807) is 0 Å². The number of aromatic nitrogens is 2. The van der Waals surface area contributed by atoms with Gasteiger partial charge >= 0.3 is 0 Å². The van der Waals surface area contributed by atoms with Gasteiger partial charge in [-0.3, -0.25) is 0 Å². The molecule has 1 atom stereocenters. The number of hydrogen-bond acceptors (Lipinski definition) is 6. The number of hydrogen-bond donors (Lipinski definition) is 1. The summed E-state index contributed by atoms with van der Waals surface area (Å²) in [6.45, 7) is 4.58.